The molecule has 2 N–H and O–H groups in total. The summed E-state index contributed by atoms with van der Waals surface area (Å²) < 4.78 is 5.64. The molecule has 5 heteroatoms. The predicted molar refractivity (Wildman–Crippen MR) is 97.9 cm³/mol. The van der Waals surface area contributed by atoms with Crippen LogP contribution < -0.4 is 15.4 Å². The Balaban J connectivity index is 1.64. The maximum absolute atomic E-state index is 12.4. The van der Waals surface area contributed by atoms with Gasteiger partial charge in [0.25, 0.3) is 0 Å². The van der Waals surface area contributed by atoms with E-state index in [4.69, 9.17) is 4.74 Å². The van der Waals surface area contributed by atoms with Crippen LogP contribution in [0.3, 0.4) is 0 Å². The van der Waals surface area contributed by atoms with E-state index in [1.807, 2.05) is 36.4 Å². The highest BCUT2D eigenvalue weighted by Gasteiger charge is 2.23. The number of rotatable bonds is 5. The summed E-state index contributed by atoms with van der Waals surface area (Å²) in [7, 11) is 0. The average molecular weight is 338 g/mol. The standard InChI is InChI=1S/C20H22N2O3/c1-2-19(23)21-15-6-5-7-16(13-15)22-20(24)12-14-10-11-25-18-9-4-3-8-17(14)18/h3-9,13-14H,2,10-12H2,1H3,(H,21,23)(H,22,24). The van der Waals surface area contributed by atoms with Crippen LogP contribution in [0.4, 0.5) is 11.4 Å². The molecule has 2 aromatic rings. The Kier molecular flexibility index (Phi) is 5.33. The molecular weight excluding hydrogens is 316 g/mol. The van der Waals surface area contributed by atoms with E-state index < -0.39 is 0 Å². The molecule has 0 saturated carbocycles. The van der Waals surface area contributed by atoms with E-state index in [1.165, 1.54) is 0 Å². The van der Waals surface area contributed by atoms with Gasteiger partial charge in [0.15, 0.2) is 0 Å². The summed E-state index contributed by atoms with van der Waals surface area (Å²) in [5, 5.41) is 5.71. The minimum atomic E-state index is -0.0534. The Morgan fingerprint density at radius 2 is 1.76 bits per heavy atom. The average Bonchev–Trinajstić information content (AvgIpc) is 2.62. The molecular formula is C20H22N2O3. The summed E-state index contributed by atoms with van der Waals surface area (Å²) in [6, 6.07) is 15.1. The maximum atomic E-state index is 12.4. The number of nitrogens with one attached hydrogen (secondary N) is 2. The van der Waals surface area contributed by atoms with Crippen LogP contribution in [-0.2, 0) is 9.59 Å². The summed E-state index contributed by atoms with van der Waals surface area (Å²) in [4.78, 5) is 23.9. The molecule has 25 heavy (non-hydrogen) atoms. The molecule has 0 aliphatic carbocycles. The van der Waals surface area contributed by atoms with Crippen LogP contribution in [0.25, 0.3) is 0 Å². The minimum absolute atomic E-state index is 0.0410. The Hall–Kier alpha value is -2.82. The highest BCUT2D eigenvalue weighted by Crippen LogP contribution is 2.35. The van der Waals surface area contributed by atoms with Crippen molar-refractivity contribution in [2.45, 2.75) is 32.1 Å². The number of fused-ring (bicyclic) bond motifs is 1. The van der Waals surface area contributed by atoms with Crippen LogP contribution >= 0.6 is 0 Å². The van der Waals surface area contributed by atoms with Crippen molar-refractivity contribution >= 4 is 23.2 Å². The Labute approximate surface area is 147 Å². The first-order valence-electron chi connectivity index (χ1n) is 8.57. The van der Waals surface area contributed by atoms with Crippen molar-refractivity contribution < 1.29 is 14.3 Å². The smallest absolute Gasteiger partial charge is 0.224 e. The summed E-state index contributed by atoms with van der Waals surface area (Å²) in [5.41, 5.74) is 2.45. The van der Waals surface area contributed by atoms with Gasteiger partial charge in [0.2, 0.25) is 11.8 Å². The zero-order chi connectivity index (χ0) is 17.6. The molecule has 3 rings (SSSR count). The Bertz CT molecular complexity index is 773. The van der Waals surface area contributed by atoms with Crippen LogP contribution in [-0.4, -0.2) is 18.4 Å². The molecule has 0 bridgehead atoms. The first-order valence-corrected chi connectivity index (χ1v) is 8.57. The quantitative estimate of drug-likeness (QED) is 0.868. The fourth-order valence-electron chi connectivity index (χ4n) is 2.99. The molecule has 1 heterocycles. The topological polar surface area (TPSA) is 67.4 Å². The molecule has 2 aromatic carbocycles. The maximum Gasteiger partial charge on any atom is 0.224 e. The van der Waals surface area contributed by atoms with Gasteiger partial charge in [-0.3, -0.25) is 9.59 Å². The monoisotopic (exact) mass is 338 g/mol. The van der Waals surface area contributed by atoms with Crippen molar-refractivity contribution in [2.24, 2.45) is 0 Å². The number of hydrogen-bond acceptors (Lipinski definition) is 3. The molecule has 0 radical (unpaired) electrons. The van der Waals surface area contributed by atoms with Crippen molar-refractivity contribution in [2.75, 3.05) is 17.2 Å². The van der Waals surface area contributed by atoms with Crippen LogP contribution in [0.5, 0.6) is 5.75 Å². The van der Waals surface area contributed by atoms with Gasteiger partial charge in [0, 0.05) is 24.2 Å². The third-order valence-corrected chi connectivity index (χ3v) is 4.27. The summed E-state index contributed by atoms with van der Waals surface area (Å²) in [6.45, 7) is 2.43. The SMILES string of the molecule is CCC(=O)Nc1cccc(NC(=O)CC2CCOc3ccccc32)c1. The number of para-hydroxylation sites is 1. The van der Waals surface area contributed by atoms with Gasteiger partial charge in [-0.05, 0) is 42.2 Å². The lowest BCUT2D eigenvalue weighted by atomic mass is 9.90. The third kappa shape index (κ3) is 4.38. The first kappa shape index (κ1) is 17.0. The van der Waals surface area contributed by atoms with Crippen molar-refractivity contribution in [3.05, 3.63) is 54.1 Å². The molecule has 2 amide bonds. The molecule has 1 atom stereocenters. The van der Waals surface area contributed by atoms with Gasteiger partial charge in [-0.25, -0.2) is 0 Å². The van der Waals surface area contributed by atoms with E-state index in [-0.39, 0.29) is 17.7 Å². The number of carbonyl (C=O) groups excluding carboxylic acids is 2. The van der Waals surface area contributed by atoms with Gasteiger partial charge in [-0.2, -0.15) is 0 Å². The lowest BCUT2D eigenvalue weighted by Gasteiger charge is -2.25. The highest BCUT2D eigenvalue weighted by molar-refractivity contribution is 5.94. The number of benzene rings is 2. The van der Waals surface area contributed by atoms with Crippen LogP contribution in [0.1, 0.15) is 37.7 Å². The molecule has 1 unspecified atom stereocenters. The van der Waals surface area contributed by atoms with Gasteiger partial charge >= 0.3 is 0 Å². The van der Waals surface area contributed by atoms with E-state index in [9.17, 15) is 9.59 Å². The fourth-order valence-corrected chi connectivity index (χ4v) is 2.99. The lowest BCUT2D eigenvalue weighted by Crippen LogP contribution is -2.20. The molecule has 0 saturated heterocycles. The van der Waals surface area contributed by atoms with Gasteiger partial charge in [-0.15, -0.1) is 0 Å². The van der Waals surface area contributed by atoms with Gasteiger partial charge in [0.1, 0.15) is 5.75 Å². The Morgan fingerprint density at radius 1 is 1.04 bits per heavy atom. The van der Waals surface area contributed by atoms with Gasteiger partial charge in [0.05, 0.1) is 6.61 Å². The number of amides is 2. The molecule has 1 aliphatic rings. The molecule has 0 aromatic heterocycles. The minimum Gasteiger partial charge on any atom is -0.493 e. The normalized spacial score (nSPS) is 15.6. The first-order chi connectivity index (χ1) is 12.2. The summed E-state index contributed by atoms with van der Waals surface area (Å²) in [5.74, 6) is 0.937. The highest BCUT2D eigenvalue weighted by atomic mass is 16.5. The van der Waals surface area contributed by atoms with Crippen LogP contribution in [0.2, 0.25) is 0 Å². The second-order valence-corrected chi connectivity index (χ2v) is 6.11. The Morgan fingerprint density at radius 3 is 2.52 bits per heavy atom. The molecule has 0 fully saturated rings. The van der Waals surface area contributed by atoms with Crippen molar-refractivity contribution in [1.29, 1.82) is 0 Å². The van der Waals surface area contributed by atoms with Crippen molar-refractivity contribution in [3.8, 4) is 5.75 Å². The predicted octanol–water partition coefficient (Wildman–Crippen LogP) is 3.93. The molecule has 130 valence electrons. The number of hydrogen-bond donors (Lipinski definition) is 2. The largest absolute Gasteiger partial charge is 0.493 e. The zero-order valence-corrected chi connectivity index (χ0v) is 14.2. The zero-order valence-electron chi connectivity index (χ0n) is 14.2. The van der Waals surface area contributed by atoms with E-state index in [2.05, 4.69) is 10.6 Å². The van der Waals surface area contributed by atoms with Gasteiger partial charge in [-0.1, -0.05) is 31.2 Å². The number of anilines is 2. The number of carbonyl (C=O) groups is 2. The molecule has 0 spiro atoms. The van der Waals surface area contributed by atoms with E-state index in [0.717, 1.165) is 17.7 Å². The van der Waals surface area contributed by atoms with E-state index in [1.54, 1.807) is 19.1 Å². The van der Waals surface area contributed by atoms with Crippen LogP contribution in [0.15, 0.2) is 48.5 Å². The number of ether oxygens (including phenoxy) is 1. The lowest BCUT2D eigenvalue weighted by molar-refractivity contribution is -0.117. The summed E-state index contributed by atoms with van der Waals surface area (Å²) >= 11 is 0. The van der Waals surface area contributed by atoms with Gasteiger partial charge < -0.3 is 15.4 Å². The van der Waals surface area contributed by atoms with E-state index >= 15 is 0 Å². The second kappa shape index (κ2) is 7.83. The molecule has 5 nitrogen and oxygen atoms in total. The molecule has 1 aliphatic heterocycles. The fraction of sp³-hybridized carbons (Fsp3) is 0.300. The third-order valence-electron chi connectivity index (χ3n) is 4.27. The second-order valence-electron chi connectivity index (χ2n) is 6.11. The van der Waals surface area contributed by atoms with E-state index in [0.29, 0.717) is 30.8 Å². The van der Waals surface area contributed by atoms with Crippen molar-refractivity contribution in [3.63, 3.8) is 0 Å². The van der Waals surface area contributed by atoms with Crippen molar-refractivity contribution in [1.82, 2.24) is 0 Å². The van der Waals surface area contributed by atoms with Crippen LogP contribution in [0, 0.1) is 0 Å². The summed E-state index contributed by atoms with van der Waals surface area (Å²) in [6.07, 6.45) is 1.66.